The Morgan fingerprint density at radius 1 is 1.57 bits per heavy atom. The van der Waals surface area contributed by atoms with Crippen LogP contribution in [0.1, 0.15) is 25.7 Å². The van der Waals surface area contributed by atoms with E-state index in [1.807, 2.05) is 6.08 Å². The van der Waals surface area contributed by atoms with E-state index < -0.39 is 12.0 Å². The molecule has 4 nitrogen and oxygen atoms in total. The molecule has 0 aliphatic heterocycles. The minimum atomic E-state index is -0.512. The Hall–Kier alpha value is -1.32. The molecule has 0 aromatic rings. The summed E-state index contributed by atoms with van der Waals surface area (Å²) in [5.74, 6) is -0.393. The first kappa shape index (κ1) is 12.7. The van der Waals surface area contributed by atoms with Crippen molar-refractivity contribution < 1.29 is 14.3 Å². The lowest BCUT2D eigenvalue weighted by molar-refractivity contribution is -0.144. The fourth-order valence-electron chi connectivity index (χ4n) is 1.13. The fraction of sp³-hybridized carbons (Fsp3) is 0.600. The van der Waals surface area contributed by atoms with E-state index in [-0.39, 0.29) is 0 Å². The third-order valence-electron chi connectivity index (χ3n) is 1.91. The van der Waals surface area contributed by atoms with E-state index in [0.29, 0.717) is 12.8 Å². The molecular formula is C10H17NO3. The molecule has 0 bridgehead atoms. The molecule has 0 rings (SSSR count). The van der Waals surface area contributed by atoms with Crippen molar-refractivity contribution in [3.05, 3.63) is 12.7 Å². The van der Waals surface area contributed by atoms with E-state index in [0.717, 1.165) is 19.3 Å². The van der Waals surface area contributed by atoms with Crippen LogP contribution in [0.4, 0.5) is 0 Å². The standard InChI is InChI=1S/C10H17NO3/c1-3-4-5-6-7-9(11-8-12)10(13)14-2/h3,8-9H,1,4-7H2,2H3,(H,11,12)/t9-/m0/s1. The van der Waals surface area contributed by atoms with Gasteiger partial charge in [-0.1, -0.05) is 12.5 Å². The summed E-state index contributed by atoms with van der Waals surface area (Å²) in [6.07, 6.45) is 5.73. The number of hydrogen-bond donors (Lipinski definition) is 1. The Kier molecular flexibility index (Phi) is 7.50. The first-order valence-electron chi connectivity index (χ1n) is 4.64. The molecule has 0 unspecified atom stereocenters. The van der Waals surface area contributed by atoms with Gasteiger partial charge in [0, 0.05) is 0 Å². The molecule has 0 aromatic heterocycles. The van der Waals surface area contributed by atoms with Gasteiger partial charge in [0.05, 0.1) is 7.11 Å². The first-order chi connectivity index (χ1) is 6.76. The third kappa shape index (κ3) is 5.35. The highest BCUT2D eigenvalue weighted by molar-refractivity contribution is 5.77. The van der Waals surface area contributed by atoms with Crippen LogP contribution < -0.4 is 5.32 Å². The quantitative estimate of drug-likeness (QED) is 0.275. The molecule has 4 heteroatoms. The van der Waals surface area contributed by atoms with E-state index in [9.17, 15) is 9.59 Å². The number of hydrogen-bond acceptors (Lipinski definition) is 3. The van der Waals surface area contributed by atoms with Crippen molar-refractivity contribution >= 4 is 12.4 Å². The van der Waals surface area contributed by atoms with Gasteiger partial charge in [0.25, 0.3) is 0 Å². The number of carbonyl (C=O) groups is 2. The van der Waals surface area contributed by atoms with E-state index in [1.54, 1.807) is 0 Å². The summed E-state index contributed by atoms with van der Waals surface area (Å²) in [7, 11) is 1.31. The second-order valence-electron chi connectivity index (χ2n) is 2.93. The van der Waals surface area contributed by atoms with Gasteiger partial charge in [0.1, 0.15) is 6.04 Å². The number of rotatable bonds is 8. The topological polar surface area (TPSA) is 55.4 Å². The van der Waals surface area contributed by atoms with E-state index in [2.05, 4.69) is 16.6 Å². The maximum Gasteiger partial charge on any atom is 0.328 e. The molecule has 0 spiro atoms. The lowest BCUT2D eigenvalue weighted by Gasteiger charge is -2.12. The van der Waals surface area contributed by atoms with Gasteiger partial charge in [-0.25, -0.2) is 4.79 Å². The summed E-state index contributed by atoms with van der Waals surface area (Å²) in [6.45, 7) is 3.60. The van der Waals surface area contributed by atoms with E-state index in [1.165, 1.54) is 7.11 Å². The minimum Gasteiger partial charge on any atom is -0.467 e. The molecule has 1 atom stereocenters. The highest BCUT2D eigenvalue weighted by Gasteiger charge is 2.16. The average molecular weight is 199 g/mol. The maximum absolute atomic E-state index is 11.1. The summed E-state index contributed by atoms with van der Waals surface area (Å²) in [5.41, 5.74) is 0. The van der Waals surface area contributed by atoms with E-state index >= 15 is 0 Å². The molecule has 0 radical (unpaired) electrons. The second-order valence-corrected chi connectivity index (χ2v) is 2.93. The third-order valence-corrected chi connectivity index (χ3v) is 1.91. The Labute approximate surface area is 84.3 Å². The van der Waals surface area contributed by atoms with Crippen molar-refractivity contribution in [2.24, 2.45) is 0 Å². The molecule has 0 saturated carbocycles. The van der Waals surface area contributed by atoms with Crippen molar-refractivity contribution in [2.45, 2.75) is 31.7 Å². The molecule has 0 aliphatic carbocycles. The van der Waals surface area contributed by atoms with Crippen LogP contribution in [0, 0.1) is 0 Å². The largest absolute Gasteiger partial charge is 0.467 e. The molecule has 80 valence electrons. The van der Waals surface area contributed by atoms with Gasteiger partial charge in [-0.05, 0) is 19.3 Å². The molecule has 1 amide bonds. The van der Waals surface area contributed by atoms with Crippen molar-refractivity contribution in [3.8, 4) is 0 Å². The molecule has 1 N–H and O–H groups in total. The number of amides is 1. The molecular weight excluding hydrogens is 182 g/mol. The maximum atomic E-state index is 11.1. The fourth-order valence-corrected chi connectivity index (χ4v) is 1.13. The van der Waals surface area contributed by atoms with Crippen molar-refractivity contribution in [2.75, 3.05) is 7.11 Å². The lowest BCUT2D eigenvalue weighted by atomic mass is 10.1. The zero-order valence-corrected chi connectivity index (χ0v) is 8.49. The van der Waals surface area contributed by atoms with Crippen LogP contribution in [0.2, 0.25) is 0 Å². The summed E-state index contributed by atoms with van der Waals surface area (Å²) >= 11 is 0. The normalized spacial score (nSPS) is 11.5. The molecule has 0 fully saturated rings. The second kappa shape index (κ2) is 8.29. The van der Waals surface area contributed by atoms with Gasteiger partial charge < -0.3 is 10.1 Å². The van der Waals surface area contributed by atoms with Gasteiger partial charge in [0.15, 0.2) is 0 Å². The molecule has 0 aliphatic rings. The number of methoxy groups -OCH3 is 1. The SMILES string of the molecule is C=CCCCC[C@H](NC=O)C(=O)OC. The number of ether oxygens (including phenoxy) is 1. The molecule has 0 aromatic carbocycles. The number of esters is 1. The van der Waals surface area contributed by atoms with Gasteiger partial charge in [0.2, 0.25) is 6.41 Å². The Morgan fingerprint density at radius 3 is 2.79 bits per heavy atom. The zero-order valence-electron chi connectivity index (χ0n) is 8.49. The van der Waals surface area contributed by atoms with Crippen LogP contribution in [-0.4, -0.2) is 25.5 Å². The van der Waals surface area contributed by atoms with Gasteiger partial charge in [-0.15, -0.1) is 6.58 Å². The number of unbranched alkanes of at least 4 members (excludes halogenated alkanes) is 2. The lowest BCUT2D eigenvalue weighted by Crippen LogP contribution is -2.36. The summed E-state index contributed by atoms with van der Waals surface area (Å²) < 4.78 is 4.54. The van der Waals surface area contributed by atoms with Gasteiger partial charge >= 0.3 is 5.97 Å². The summed E-state index contributed by atoms with van der Waals surface area (Å²) in [4.78, 5) is 21.3. The molecule has 0 heterocycles. The monoisotopic (exact) mass is 199 g/mol. The highest BCUT2D eigenvalue weighted by atomic mass is 16.5. The van der Waals surface area contributed by atoms with E-state index in [4.69, 9.17) is 0 Å². The van der Waals surface area contributed by atoms with Crippen LogP contribution in [0.15, 0.2) is 12.7 Å². The van der Waals surface area contributed by atoms with Crippen molar-refractivity contribution in [1.29, 1.82) is 0 Å². The molecule has 0 saturated heterocycles. The van der Waals surface area contributed by atoms with Crippen LogP contribution in [0.5, 0.6) is 0 Å². The van der Waals surface area contributed by atoms with Crippen LogP contribution >= 0.6 is 0 Å². The number of allylic oxidation sites excluding steroid dienone is 1. The minimum absolute atomic E-state index is 0.393. The zero-order chi connectivity index (χ0) is 10.8. The Bertz CT molecular complexity index is 192. The average Bonchev–Trinajstić information content (AvgIpc) is 2.21. The van der Waals surface area contributed by atoms with Crippen LogP contribution in [0.3, 0.4) is 0 Å². The summed E-state index contributed by atoms with van der Waals surface area (Å²) in [5, 5.41) is 2.43. The van der Waals surface area contributed by atoms with Crippen LogP contribution in [-0.2, 0) is 14.3 Å². The van der Waals surface area contributed by atoms with Gasteiger partial charge in [-0.3, -0.25) is 4.79 Å². The van der Waals surface area contributed by atoms with Crippen molar-refractivity contribution in [3.63, 3.8) is 0 Å². The number of carbonyl (C=O) groups excluding carboxylic acids is 2. The first-order valence-corrected chi connectivity index (χ1v) is 4.64. The molecule has 14 heavy (non-hydrogen) atoms. The van der Waals surface area contributed by atoms with Crippen LogP contribution in [0.25, 0.3) is 0 Å². The predicted molar refractivity (Wildman–Crippen MR) is 53.7 cm³/mol. The highest BCUT2D eigenvalue weighted by Crippen LogP contribution is 2.04. The number of nitrogens with one attached hydrogen (secondary N) is 1. The Morgan fingerprint density at radius 2 is 2.29 bits per heavy atom. The smallest absolute Gasteiger partial charge is 0.328 e. The predicted octanol–water partition coefficient (Wildman–Crippen LogP) is 1.02. The summed E-state index contributed by atoms with van der Waals surface area (Å²) in [6, 6.07) is -0.512. The van der Waals surface area contributed by atoms with Gasteiger partial charge in [-0.2, -0.15) is 0 Å². The van der Waals surface area contributed by atoms with Crippen molar-refractivity contribution in [1.82, 2.24) is 5.32 Å². The Balaban J connectivity index is 3.78.